The maximum atomic E-state index is 11.8. The summed E-state index contributed by atoms with van der Waals surface area (Å²) in [6.07, 6.45) is 5.68. The zero-order valence-corrected chi connectivity index (χ0v) is 18.9. The van der Waals surface area contributed by atoms with Crippen molar-refractivity contribution < 1.29 is 14.6 Å². The van der Waals surface area contributed by atoms with Gasteiger partial charge in [0.1, 0.15) is 12.1 Å². The van der Waals surface area contributed by atoms with Gasteiger partial charge >= 0.3 is 5.97 Å². The highest BCUT2D eigenvalue weighted by Gasteiger charge is 2.54. The number of aromatic carboxylic acids is 1. The van der Waals surface area contributed by atoms with Gasteiger partial charge in [0, 0.05) is 40.5 Å². The Morgan fingerprint density at radius 2 is 2.06 bits per heavy atom. The minimum atomic E-state index is -1.03. The van der Waals surface area contributed by atoms with Crippen LogP contribution in [0.25, 0.3) is 10.9 Å². The van der Waals surface area contributed by atoms with Gasteiger partial charge in [0.05, 0.1) is 40.8 Å². The second-order valence-electron chi connectivity index (χ2n) is 8.92. The maximum Gasteiger partial charge on any atom is 0.335 e. The Kier molecular flexibility index (Phi) is 4.67. The first-order chi connectivity index (χ1) is 16.4. The lowest BCUT2D eigenvalue weighted by Gasteiger charge is -2.38. The number of rotatable bonds is 4. The molecule has 9 heteroatoms. The Balaban J connectivity index is 1.60. The lowest BCUT2D eigenvalue weighted by Crippen LogP contribution is -2.49. The molecule has 0 fully saturated rings. The normalized spacial score (nSPS) is 23.0. The van der Waals surface area contributed by atoms with Crippen molar-refractivity contribution in [2.45, 2.75) is 30.5 Å². The molecule has 172 valence electrons. The Morgan fingerprint density at radius 1 is 1.26 bits per heavy atom. The number of hydrogen-bond donors (Lipinski definition) is 3. The smallest absolute Gasteiger partial charge is 0.335 e. The van der Waals surface area contributed by atoms with Gasteiger partial charge in [-0.15, -0.1) is 0 Å². The second-order valence-corrected chi connectivity index (χ2v) is 9.33. The molecule has 0 saturated carbocycles. The topological polar surface area (TPSA) is 129 Å². The number of carboxylic acid groups (broad SMARTS) is 1. The predicted molar refractivity (Wildman–Crippen MR) is 127 cm³/mol. The number of nitrogens with two attached hydrogens (primary N) is 2. The Labute approximate surface area is 200 Å². The molecule has 1 aliphatic carbocycles. The van der Waals surface area contributed by atoms with Gasteiger partial charge in [-0.2, -0.15) is 0 Å². The molecule has 0 saturated heterocycles. The van der Waals surface area contributed by atoms with Crippen LogP contribution in [0.5, 0.6) is 5.75 Å². The van der Waals surface area contributed by atoms with E-state index in [0.717, 1.165) is 27.7 Å². The molecule has 0 bridgehead atoms. The predicted octanol–water partition coefficient (Wildman–Crippen LogP) is 3.56. The average molecular weight is 476 g/mol. The SMILES string of the molecule is NC1c2cc(C(=O)O)cc3c2C(CCO3)[C@@]1(N)c1cc2cccc(Cl)c2n1Cc1cncnc1. The fourth-order valence-electron chi connectivity index (χ4n) is 5.64. The summed E-state index contributed by atoms with van der Waals surface area (Å²) >= 11 is 6.67. The molecule has 6 rings (SSSR count). The zero-order chi connectivity index (χ0) is 23.6. The highest BCUT2D eigenvalue weighted by Crippen LogP contribution is 2.58. The van der Waals surface area contributed by atoms with Crippen LogP contribution in [0.2, 0.25) is 5.02 Å². The molecular formula is C25H22ClN5O3. The van der Waals surface area contributed by atoms with E-state index in [1.807, 2.05) is 24.3 Å². The van der Waals surface area contributed by atoms with Crippen LogP contribution in [0, 0.1) is 0 Å². The summed E-state index contributed by atoms with van der Waals surface area (Å²) < 4.78 is 7.96. The molecule has 3 atom stereocenters. The van der Waals surface area contributed by atoms with Crippen LogP contribution in [0.15, 0.2) is 55.1 Å². The molecule has 2 unspecified atom stereocenters. The van der Waals surface area contributed by atoms with Crippen molar-refractivity contribution in [2.24, 2.45) is 11.5 Å². The van der Waals surface area contributed by atoms with Crippen molar-refractivity contribution >= 4 is 28.5 Å². The molecule has 4 aromatic rings. The molecule has 5 N–H and O–H groups in total. The number of fused-ring (bicyclic) bond motifs is 1. The first-order valence-corrected chi connectivity index (χ1v) is 11.4. The lowest BCUT2D eigenvalue weighted by molar-refractivity contribution is 0.0696. The van der Waals surface area contributed by atoms with Gasteiger partial charge < -0.3 is 25.9 Å². The van der Waals surface area contributed by atoms with Crippen LogP contribution in [0.3, 0.4) is 0 Å². The minimum Gasteiger partial charge on any atom is -0.493 e. The van der Waals surface area contributed by atoms with Gasteiger partial charge in [0.2, 0.25) is 0 Å². The zero-order valence-electron chi connectivity index (χ0n) is 18.1. The van der Waals surface area contributed by atoms with Crippen molar-refractivity contribution in [1.29, 1.82) is 0 Å². The van der Waals surface area contributed by atoms with Gasteiger partial charge in [-0.1, -0.05) is 23.7 Å². The monoisotopic (exact) mass is 475 g/mol. The number of carbonyl (C=O) groups is 1. The van der Waals surface area contributed by atoms with E-state index in [9.17, 15) is 9.90 Å². The van der Waals surface area contributed by atoms with Crippen molar-refractivity contribution in [2.75, 3.05) is 6.61 Å². The summed E-state index contributed by atoms with van der Waals surface area (Å²) in [5.41, 5.74) is 17.5. The molecule has 8 nitrogen and oxygen atoms in total. The van der Waals surface area contributed by atoms with Gasteiger partial charge in [-0.3, -0.25) is 0 Å². The molecule has 2 aromatic carbocycles. The third-order valence-corrected chi connectivity index (χ3v) is 7.43. The van der Waals surface area contributed by atoms with Gasteiger partial charge in [0.15, 0.2) is 0 Å². The van der Waals surface area contributed by atoms with E-state index < -0.39 is 17.6 Å². The van der Waals surface area contributed by atoms with E-state index in [1.54, 1.807) is 24.5 Å². The number of halogens is 1. The van der Waals surface area contributed by atoms with Crippen LogP contribution in [-0.2, 0) is 12.1 Å². The van der Waals surface area contributed by atoms with Gasteiger partial charge in [0.25, 0.3) is 0 Å². The maximum absolute atomic E-state index is 11.8. The number of ether oxygens (including phenoxy) is 1. The fraction of sp³-hybridized carbons (Fsp3) is 0.240. The molecule has 2 aliphatic rings. The second kappa shape index (κ2) is 7.53. The van der Waals surface area contributed by atoms with Gasteiger partial charge in [-0.25, -0.2) is 14.8 Å². The first-order valence-electron chi connectivity index (χ1n) is 11.0. The van der Waals surface area contributed by atoms with Crippen LogP contribution >= 0.6 is 11.6 Å². The number of nitrogens with zero attached hydrogens (tertiary/aromatic N) is 3. The summed E-state index contributed by atoms with van der Waals surface area (Å²) in [5.74, 6) is -0.625. The summed E-state index contributed by atoms with van der Waals surface area (Å²) in [4.78, 5) is 20.1. The van der Waals surface area contributed by atoms with Crippen molar-refractivity contribution in [3.05, 3.63) is 88.1 Å². The Bertz CT molecular complexity index is 1450. The van der Waals surface area contributed by atoms with Crippen molar-refractivity contribution in [1.82, 2.24) is 14.5 Å². The van der Waals surface area contributed by atoms with E-state index in [2.05, 4.69) is 14.5 Å². The highest BCUT2D eigenvalue weighted by atomic mass is 35.5. The summed E-state index contributed by atoms with van der Waals surface area (Å²) in [7, 11) is 0. The first kappa shape index (κ1) is 21.1. The number of hydrogen-bond acceptors (Lipinski definition) is 6. The summed E-state index contributed by atoms with van der Waals surface area (Å²) in [5, 5.41) is 11.2. The number of aromatic nitrogens is 3. The van der Waals surface area contributed by atoms with E-state index in [0.29, 0.717) is 35.9 Å². The quantitative estimate of drug-likeness (QED) is 0.411. The highest BCUT2D eigenvalue weighted by molar-refractivity contribution is 6.35. The lowest BCUT2D eigenvalue weighted by atomic mass is 9.77. The largest absolute Gasteiger partial charge is 0.493 e. The van der Waals surface area contributed by atoms with E-state index >= 15 is 0 Å². The number of carboxylic acids is 1. The number of para-hydroxylation sites is 1. The minimum absolute atomic E-state index is 0.138. The molecule has 0 amide bonds. The van der Waals surface area contributed by atoms with Crippen LogP contribution in [0.1, 0.15) is 51.1 Å². The molecule has 34 heavy (non-hydrogen) atoms. The summed E-state index contributed by atoms with van der Waals surface area (Å²) in [6, 6.07) is 10.4. The molecule has 0 radical (unpaired) electrons. The molecule has 3 heterocycles. The standard InChI is InChI=1S/C25H22ClN5O3/c26-18-3-1-2-14-8-20(31(22(14)18)11-13-9-29-12-30-10-13)25(28)17-4-5-34-19-7-15(24(32)33)6-16(21(17)19)23(25)27/h1-3,6-10,12,17,23H,4-5,11,27-28H2,(H,32,33)/t17?,23?,25-/m1/s1. The molecule has 0 spiro atoms. The third-order valence-electron chi connectivity index (χ3n) is 7.13. The molecular weight excluding hydrogens is 454 g/mol. The van der Waals surface area contributed by atoms with E-state index in [4.69, 9.17) is 27.8 Å². The molecule has 2 aromatic heterocycles. The average Bonchev–Trinajstić information content (AvgIpc) is 3.31. The van der Waals surface area contributed by atoms with Crippen LogP contribution in [0.4, 0.5) is 0 Å². The number of benzene rings is 2. The van der Waals surface area contributed by atoms with Crippen molar-refractivity contribution in [3.63, 3.8) is 0 Å². The van der Waals surface area contributed by atoms with Crippen LogP contribution < -0.4 is 16.2 Å². The van der Waals surface area contributed by atoms with E-state index in [-0.39, 0.29) is 11.5 Å². The fourth-order valence-corrected chi connectivity index (χ4v) is 5.92. The van der Waals surface area contributed by atoms with Crippen LogP contribution in [-0.4, -0.2) is 32.2 Å². The third kappa shape index (κ3) is 2.89. The Morgan fingerprint density at radius 3 is 2.82 bits per heavy atom. The van der Waals surface area contributed by atoms with Crippen molar-refractivity contribution in [3.8, 4) is 5.75 Å². The summed E-state index contributed by atoms with van der Waals surface area (Å²) in [6.45, 7) is 0.890. The van der Waals surface area contributed by atoms with E-state index in [1.165, 1.54) is 6.33 Å². The Hall–Kier alpha value is -3.46. The molecule has 1 aliphatic heterocycles. The van der Waals surface area contributed by atoms with Gasteiger partial charge in [-0.05, 0) is 36.2 Å².